The maximum absolute atomic E-state index is 6.26. The molecule has 1 heterocycles. The summed E-state index contributed by atoms with van der Waals surface area (Å²) in [7, 11) is 0. The first kappa shape index (κ1) is 12.9. The minimum absolute atomic E-state index is 0.138. The van der Waals surface area contributed by atoms with Crippen LogP contribution in [0.4, 0.5) is 0 Å². The van der Waals surface area contributed by atoms with Crippen molar-refractivity contribution in [2.75, 3.05) is 6.61 Å². The molecule has 94 valence electrons. The van der Waals surface area contributed by atoms with Crippen molar-refractivity contribution in [2.45, 2.75) is 39.7 Å². The second kappa shape index (κ2) is 4.62. The van der Waals surface area contributed by atoms with Crippen LogP contribution in [0.25, 0.3) is 0 Å². The predicted octanol–water partition coefficient (Wildman–Crippen LogP) is 3.30. The Balaban J connectivity index is 2.26. The Hall–Kier alpha value is -0.540. The summed E-state index contributed by atoms with van der Waals surface area (Å²) in [6, 6.07) is 4.41. The Labute approximate surface area is 112 Å². The molecule has 1 unspecified atom stereocenters. The van der Waals surface area contributed by atoms with Gasteiger partial charge in [-0.25, -0.2) is 0 Å². The van der Waals surface area contributed by atoms with Gasteiger partial charge in [0.25, 0.3) is 0 Å². The fourth-order valence-corrected chi connectivity index (χ4v) is 2.55. The van der Waals surface area contributed by atoms with E-state index in [4.69, 9.17) is 10.5 Å². The van der Waals surface area contributed by atoms with Crippen LogP contribution >= 0.6 is 15.9 Å². The average molecular weight is 298 g/mol. The van der Waals surface area contributed by atoms with Gasteiger partial charge in [-0.05, 0) is 39.4 Å². The van der Waals surface area contributed by atoms with Crippen molar-refractivity contribution in [2.24, 2.45) is 11.1 Å². The van der Waals surface area contributed by atoms with E-state index in [1.807, 2.05) is 0 Å². The van der Waals surface area contributed by atoms with Gasteiger partial charge < -0.3 is 10.5 Å². The van der Waals surface area contributed by atoms with Gasteiger partial charge in [0.05, 0.1) is 11.1 Å². The first-order chi connectivity index (χ1) is 7.89. The lowest BCUT2D eigenvalue weighted by molar-refractivity contribution is 0.318. The molecule has 1 aliphatic heterocycles. The lowest BCUT2D eigenvalue weighted by Crippen LogP contribution is -2.37. The van der Waals surface area contributed by atoms with Gasteiger partial charge in [-0.1, -0.05) is 26.8 Å². The van der Waals surface area contributed by atoms with Gasteiger partial charge >= 0.3 is 0 Å². The van der Waals surface area contributed by atoms with Crippen molar-refractivity contribution < 1.29 is 4.74 Å². The summed E-state index contributed by atoms with van der Waals surface area (Å²) in [6.45, 7) is 7.35. The van der Waals surface area contributed by atoms with Crippen molar-refractivity contribution >= 4 is 15.9 Å². The van der Waals surface area contributed by atoms with Gasteiger partial charge in [-0.3, -0.25) is 0 Å². The lowest BCUT2D eigenvalue weighted by atomic mass is 9.83. The molecule has 1 aromatic rings. The molecule has 0 saturated carbocycles. The highest BCUT2D eigenvalue weighted by Gasteiger charge is 2.25. The van der Waals surface area contributed by atoms with Gasteiger partial charge in [0.15, 0.2) is 0 Å². The summed E-state index contributed by atoms with van der Waals surface area (Å²) < 4.78 is 6.70. The van der Waals surface area contributed by atoms with Crippen molar-refractivity contribution in [3.8, 4) is 5.75 Å². The number of fused-ring (bicyclic) bond motifs is 1. The number of benzene rings is 1. The Morgan fingerprint density at radius 3 is 2.76 bits per heavy atom. The highest BCUT2D eigenvalue weighted by molar-refractivity contribution is 9.10. The summed E-state index contributed by atoms with van der Waals surface area (Å²) >= 11 is 3.53. The fraction of sp³-hybridized carbons (Fsp3) is 0.571. The van der Waals surface area contributed by atoms with Crippen LogP contribution in [-0.4, -0.2) is 12.6 Å². The third kappa shape index (κ3) is 2.66. The standard InChI is InChI=1S/C14H20BrNO/c1-14(2,3)12(16)8-9-4-5-11(15)13-10(9)6-7-17-13/h4-5,12H,6-8,16H2,1-3H3. The van der Waals surface area contributed by atoms with E-state index in [1.165, 1.54) is 11.1 Å². The van der Waals surface area contributed by atoms with Crippen molar-refractivity contribution in [1.29, 1.82) is 0 Å². The van der Waals surface area contributed by atoms with Gasteiger partial charge in [0.1, 0.15) is 5.75 Å². The van der Waals surface area contributed by atoms with Crippen molar-refractivity contribution in [3.05, 3.63) is 27.7 Å². The SMILES string of the molecule is CC(C)(C)C(N)Cc1ccc(Br)c2c1CCO2. The van der Waals surface area contributed by atoms with E-state index in [-0.39, 0.29) is 11.5 Å². The molecule has 2 nitrogen and oxygen atoms in total. The first-order valence-corrected chi connectivity index (χ1v) is 6.87. The Morgan fingerprint density at radius 1 is 1.41 bits per heavy atom. The van der Waals surface area contributed by atoms with Crippen LogP contribution in [0.2, 0.25) is 0 Å². The summed E-state index contributed by atoms with van der Waals surface area (Å²) in [5.74, 6) is 1.02. The minimum Gasteiger partial charge on any atom is -0.492 e. The molecule has 0 bridgehead atoms. The molecule has 3 heteroatoms. The number of ether oxygens (including phenoxy) is 1. The summed E-state index contributed by atoms with van der Waals surface area (Å²) in [6.07, 6.45) is 1.92. The molecule has 17 heavy (non-hydrogen) atoms. The number of nitrogens with two attached hydrogens (primary N) is 1. The number of hydrogen-bond acceptors (Lipinski definition) is 2. The molecule has 0 aliphatic carbocycles. The van der Waals surface area contributed by atoms with Crippen LogP contribution in [0, 0.1) is 5.41 Å². The van der Waals surface area contributed by atoms with E-state index in [0.29, 0.717) is 0 Å². The molecule has 2 rings (SSSR count). The fourth-order valence-electron chi connectivity index (χ4n) is 2.06. The van der Waals surface area contributed by atoms with E-state index in [1.54, 1.807) is 0 Å². The average Bonchev–Trinajstić information content (AvgIpc) is 2.70. The molecular weight excluding hydrogens is 278 g/mol. The Bertz CT molecular complexity index is 423. The van der Waals surface area contributed by atoms with Crippen LogP contribution < -0.4 is 10.5 Å². The van der Waals surface area contributed by atoms with E-state index < -0.39 is 0 Å². The molecule has 0 aromatic heterocycles. The van der Waals surface area contributed by atoms with Gasteiger partial charge in [0.2, 0.25) is 0 Å². The second-order valence-corrected chi connectivity index (χ2v) is 6.64. The highest BCUT2D eigenvalue weighted by Crippen LogP contribution is 2.37. The van der Waals surface area contributed by atoms with E-state index in [0.717, 1.165) is 29.7 Å². The smallest absolute Gasteiger partial charge is 0.137 e. The Morgan fingerprint density at radius 2 is 2.12 bits per heavy atom. The summed E-state index contributed by atoms with van der Waals surface area (Å²) in [5.41, 5.74) is 9.07. The first-order valence-electron chi connectivity index (χ1n) is 6.08. The van der Waals surface area contributed by atoms with Crippen molar-refractivity contribution in [1.82, 2.24) is 0 Å². The van der Waals surface area contributed by atoms with Gasteiger partial charge in [-0.15, -0.1) is 0 Å². The topological polar surface area (TPSA) is 35.2 Å². The zero-order valence-electron chi connectivity index (χ0n) is 10.7. The van der Waals surface area contributed by atoms with Crippen LogP contribution in [0.15, 0.2) is 16.6 Å². The third-order valence-electron chi connectivity index (χ3n) is 3.46. The second-order valence-electron chi connectivity index (χ2n) is 5.79. The zero-order valence-corrected chi connectivity index (χ0v) is 12.3. The molecule has 0 spiro atoms. The monoisotopic (exact) mass is 297 g/mol. The molecule has 0 amide bonds. The van der Waals surface area contributed by atoms with Crippen LogP contribution in [0.1, 0.15) is 31.9 Å². The maximum atomic E-state index is 6.26. The van der Waals surface area contributed by atoms with E-state index >= 15 is 0 Å². The minimum atomic E-state index is 0.138. The summed E-state index contributed by atoms with van der Waals surface area (Å²) in [4.78, 5) is 0. The molecule has 1 aliphatic rings. The maximum Gasteiger partial charge on any atom is 0.137 e. The Kier molecular flexibility index (Phi) is 3.50. The molecule has 0 radical (unpaired) electrons. The van der Waals surface area contributed by atoms with Crippen LogP contribution in [0.5, 0.6) is 5.75 Å². The van der Waals surface area contributed by atoms with E-state index in [2.05, 4.69) is 48.8 Å². The number of rotatable bonds is 2. The molecule has 1 atom stereocenters. The van der Waals surface area contributed by atoms with Crippen molar-refractivity contribution in [3.63, 3.8) is 0 Å². The van der Waals surface area contributed by atoms with Crippen LogP contribution in [0.3, 0.4) is 0 Å². The van der Waals surface area contributed by atoms with E-state index in [9.17, 15) is 0 Å². The molecular formula is C14H20BrNO. The van der Waals surface area contributed by atoms with Gasteiger partial charge in [-0.2, -0.15) is 0 Å². The molecule has 0 saturated heterocycles. The highest BCUT2D eigenvalue weighted by atomic mass is 79.9. The molecule has 1 aromatic carbocycles. The predicted molar refractivity (Wildman–Crippen MR) is 74.5 cm³/mol. The molecule has 2 N–H and O–H groups in total. The zero-order chi connectivity index (χ0) is 12.6. The largest absolute Gasteiger partial charge is 0.492 e. The summed E-state index contributed by atoms with van der Waals surface area (Å²) in [5, 5.41) is 0. The quantitative estimate of drug-likeness (QED) is 0.909. The normalized spacial score (nSPS) is 16.5. The third-order valence-corrected chi connectivity index (χ3v) is 4.08. The number of halogens is 1. The number of hydrogen-bond donors (Lipinski definition) is 1. The lowest BCUT2D eigenvalue weighted by Gasteiger charge is -2.27. The van der Waals surface area contributed by atoms with Crippen LogP contribution in [-0.2, 0) is 12.8 Å². The molecule has 0 fully saturated rings. The van der Waals surface area contributed by atoms with Gasteiger partial charge in [0, 0.05) is 18.0 Å².